The third-order valence-electron chi connectivity index (χ3n) is 3.18. The fourth-order valence-electron chi connectivity index (χ4n) is 2.07. The van der Waals surface area contributed by atoms with E-state index in [1.165, 1.54) is 12.1 Å². The van der Waals surface area contributed by atoms with Gasteiger partial charge in [-0.25, -0.2) is 0 Å². The van der Waals surface area contributed by atoms with E-state index >= 15 is 0 Å². The molecule has 4 nitrogen and oxygen atoms in total. The van der Waals surface area contributed by atoms with Crippen molar-refractivity contribution in [1.82, 2.24) is 4.90 Å². The zero-order valence-electron chi connectivity index (χ0n) is 10.5. The molecule has 0 saturated carbocycles. The predicted octanol–water partition coefficient (Wildman–Crippen LogP) is 1.85. The number of nitrogens with two attached hydrogens (primary N) is 1. The number of imide groups is 1. The molecule has 0 aromatic heterocycles. The van der Waals surface area contributed by atoms with Crippen molar-refractivity contribution in [2.75, 3.05) is 6.54 Å². The van der Waals surface area contributed by atoms with Crippen LogP contribution < -0.4 is 5.73 Å². The van der Waals surface area contributed by atoms with Crippen molar-refractivity contribution < 1.29 is 22.8 Å². The predicted molar refractivity (Wildman–Crippen MR) is 64.3 cm³/mol. The summed E-state index contributed by atoms with van der Waals surface area (Å²) in [6.07, 6.45) is -4.18. The Morgan fingerprint density at radius 3 is 2.35 bits per heavy atom. The zero-order valence-corrected chi connectivity index (χ0v) is 10.5. The number of carbonyl (C=O) groups excluding carboxylic acids is 2. The van der Waals surface area contributed by atoms with Gasteiger partial charge in [-0.2, -0.15) is 13.2 Å². The number of likely N-dealkylation sites (tertiary alicyclic amines) is 1. The van der Waals surface area contributed by atoms with E-state index in [0.29, 0.717) is 0 Å². The first-order valence-corrected chi connectivity index (χ1v) is 6.05. The van der Waals surface area contributed by atoms with Gasteiger partial charge in [-0.3, -0.25) is 14.5 Å². The Morgan fingerprint density at radius 1 is 1.20 bits per heavy atom. The molecular formula is C13H13F3N2O2. The highest BCUT2D eigenvalue weighted by atomic mass is 19.4. The molecule has 20 heavy (non-hydrogen) atoms. The molecule has 0 spiro atoms. The first-order chi connectivity index (χ1) is 9.29. The van der Waals surface area contributed by atoms with Crippen LogP contribution in [0.25, 0.3) is 0 Å². The van der Waals surface area contributed by atoms with E-state index in [1.807, 2.05) is 0 Å². The van der Waals surface area contributed by atoms with Crippen LogP contribution >= 0.6 is 0 Å². The Balaban J connectivity index is 2.15. The second kappa shape index (κ2) is 5.24. The first kappa shape index (κ1) is 14.5. The van der Waals surface area contributed by atoms with Crippen LogP contribution in [-0.4, -0.2) is 23.3 Å². The maximum Gasteiger partial charge on any atom is 0.416 e. The van der Waals surface area contributed by atoms with Gasteiger partial charge in [0.25, 0.3) is 0 Å². The summed E-state index contributed by atoms with van der Waals surface area (Å²) in [5.41, 5.74) is 5.24. The van der Waals surface area contributed by atoms with E-state index < -0.39 is 17.8 Å². The summed E-state index contributed by atoms with van der Waals surface area (Å²) in [5, 5.41) is 0. The summed E-state index contributed by atoms with van der Waals surface area (Å²) in [6.45, 7) is -0.0982. The average molecular weight is 286 g/mol. The molecular weight excluding hydrogens is 273 g/mol. The highest BCUT2D eigenvalue weighted by molar-refractivity contribution is 6.01. The number of nitrogens with zero attached hydrogens (tertiary/aromatic N) is 1. The molecule has 0 radical (unpaired) electrons. The Kier molecular flexibility index (Phi) is 3.80. The minimum absolute atomic E-state index is 0.0982. The monoisotopic (exact) mass is 286 g/mol. The average Bonchev–Trinajstić information content (AvgIpc) is 2.69. The number of alkyl halides is 3. The highest BCUT2D eigenvalue weighted by Crippen LogP contribution is 2.30. The number of halogens is 3. The van der Waals surface area contributed by atoms with E-state index in [-0.39, 0.29) is 36.8 Å². The highest BCUT2D eigenvalue weighted by Gasteiger charge is 2.32. The van der Waals surface area contributed by atoms with Crippen LogP contribution in [-0.2, 0) is 15.8 Å². The lowest BCUT2D eigenvalue weighted by Gasteiger charge is -2.20. The fraction of sp³-hybridized carbons (Fsp3) is 0.385. The number of benzene rings is 1. The van der Waals surface area contributed by atoms with E-state index in [2.05, 4.69) is 0 Å². The minimum Gasteiger partial charge on any atom is -0.322 e. The number of hydrogen-bond acceptors (Lipinski definition) is 3. The molecule has 2 rings (SSSR count). The third-order valence-corrected chi connectivity index (χ3v) is 3.18. The molecule has 1 heterocycles. The Hall–Kier alpha value is -1.89. The summed E-state index contributed by atoms with van der Waals surface area (Å²) in [7, 11) is 0. The maximum absolute atomic E-state index is 12.6. The maximum atomic E-state index is 12.6. The molecule has 0 bridgehead atoms. The van der Waals surface area contributed by atoms with Crippen molar-refractivity contribution >= 4 is 11.8 Å². The quantitative estimate of drug-likeness (QED) is 0.863. The second-order valence-electron chi connectivity index (χ2n) is 4.63. The van der Waals surface area contributed by atoms with Crippen LogP contribution in [0, 0.1) is 0 Å². The van der Waals surface area contributed by atoms with Gasteiger partial charge < -0.3 is 5.73 Å². The van der Waals surface area contributed by atoms with E-state index in [0.717, 1.165) is 17.0 Å². The lowest BCUT2D eigenvalue weighted by molar-refractivity contribution is -0.139. The normalized spacial score (nSPS) is 17.7. The number of amides is 2. The largest absolute Gasteiger partial charge is 0.416 e. The van der Waals surface area contributed by atoms with Gasteiger partial charge in [0.15, 0.2) is 0 Å². The van der Waals surface area contributed by atoms with Crippen LogP contribution in [0.3, 0.4) is 0 Å². The van der Waals surface area contributed by atoms with Crippen LogP contribution in [0.1, 0.15) is 30.0 Å². The molecule has 0 aliphatic carbocycles. The van der Waals surface area contributed by atoms with Gasteiger partial charge in [0.05, 0.1) is 5.56 Å². The molecule has 108 valence electrons. The standard InChI is InChI=1S/C13H13F3N2O2/c14-13(15,16)9-3-1-2-8(6-9)10(17)7-18-11(19)4-5-12(18)20/h1-3,6,10H,4-5,7,17H2. The fourth-order valence-corrected chi connectivity index (χ4v) is 2.07. The van der Waals surface area contributed by atoms with Crippen LogP contribution in [0.2, 0.25) is 0 Å². The van der Waals surface area contributed by atoms with Gasteiger partial charge in [-0.15, -0.1) is 0 Å². The van der Waals surface area contributed by atoms with Crippen molar-refractivity contribution in [3.63, 3.8) is 0 Å². The summed E-state index contributed by atoms with van der Waals surface area (Å²) < 4.78 is 37.8. The van der Waals surface area contributed by atoms with Crippen molar-refractivity contribution in [1.29, 1.82) is 0 Å². The Bertz CT molecular complexity index is 527. The van der Waals surface area contributed by atoms with E-state index in [4.69, 9.17) is 5.73 Å². The summed E-state index contributed by atoms with van der Waals surface area (Å²) in [5.74, 6) is -0.671. The SMILES string of the molecule is NC(CN1C(=O)CCC1=O)c1cccc(C(F)(F)F)c1. The molecule has 2 N–H and O–H groups in total. The van der Waals surface area contributed by atoms with Crippen molar-refractivity contribution in [2.24, 2.45) is 5.73 Å². The second-order valence-corrected chi connectivity index (χ2v) is 4.63. The molecule has 1 aliphatic rings. The molecule has 1 aliphatic heterocycles. The van der Waals surface area contributed by atoms with Crippen molar-refractivity contribution in [2.45, 2.75) is 25.1 Å². The minimum atomic E-state index is -4.45. The lowest BCUT2D eigenvalue weighted by Crippen LogP contribution is -2.36. The number of carbonyl (C=O) groups is 2. The van der Waals surface area contributed by atoms with Crippen molar-refractivity contribution in [3.05, 3.63) is 35.4 Å². The topological polar surface area (TPSA) is 63.4 Å². The molecule has 1 saturated heterocycles. The zero-order chi connectivity index (χ0) is 14.9. The summed E-state index contributed by atoms with van der Waals surface area (Å²) in [6, 6.07) is 3.76. The number of rotatable bonds is 3. The Morgan fingerprint density at radius 2 is 1.80 bits per heavy atom. The number of hydrogen-bond donors (Lipinski definition) is 1. The van der Waals surface area contributed by atoms with Gasteiger partial charge in [0.2, 0.25) is 11.8 Å². The molecule has 1 aromatic rings. The van der Waals surface area contributed by atoms with Gasteiger partial charge in [-0.1, -0.05) is 12.1 Å². The molecule has 1 fully saturated rings. The van der Waals surface area contributed by atoms with E-state index in [9.17, 15) is 22.8 Å². The van der Waals surface area contributed by atoms with Crippen LogP contribution in [0.4, 0.5) is 13.2 Å². The molecule has 1 aromatic carbocycles. The van der Waals surface area contributed by atoms with Crippen LogP contribution in [0.5, 0.6) is 0 Å². The van der Waals surface area contributed by atoms with Gasteiger partial charge in [0.1, 0.15) is 0 Å². The van der Waals surface area contributed by atoms with Crippen molar-refractivity contribution in [3.8, 4) is 0 Å². The van der Waals surface area contributed by atoms with Gasteiger partial charge >= 0.3 is 6.18 Å². The van der Waals surface area contributed by atoms with E-state index in [1.54, 1.807) is 0 Å². The molecule has 1 atom stereocenters. The lowest BCUT2D eigenvalue weighted by atomic mass is 10.0. The van der Waals surface area contributed by atoms with Gasteiger partial charge in [-0.05, 0) is 17.7 Å². The first-order valence-electron chi connectivity index (χ1n) is 6.05. The Labute approximate surface area is 113 Å². The molecule has 2 amide bonds. The molecule has 7 heteroatoms. The smallest absolute Gasteiger partial charge is 0.322 e. The summed E-state index contributed by atoms with van der Waals surface area (Å²) >= 11 is 0. The van der Waals surface area contributed by atoms with Gasteiger partial charge in [0, 0.05) is 25.4 Å². The molecule has 1 unspecified atom stereocenters. The van der Waals surface area contributed by atoms with Crippen LogP contribution in [0.15, 0.2) is 24.3 Å². The summed E-state index contributed by atoms with van der Waals surface area (Å²) in [4.78, 5) is 23.9. The third kappa shape index (κ3) is 2.98.